The number of hydrogen-bond acceptors (Lipinski definition) is 4. The van der Waals surface area contributed by atoms with Gasteiger partial charge in [-0.3, -0.25) is 0 Å². The summed E-state index contributed by atoms with van der Waals surface area (Å²) in [7, 11) is -3.27. The lowest BCUT2D eigenvalue weighted by Gasteiger charge is -2.04. The van der Waals surface area contributed by atoms with Gasteiger partial charge in [-0.2, -0.15) is 0 Å². The van der Waals surface area contributed by atoms with Gasteiger partial charge in [0.25, 0.3) is 0 Å². The summed E-state index contributed by atoms with van der Waals surface area (Å²) >= 11 is 0. The number of sulfone groups is 1. The molecule has 0 saturated carbocycles. The predicted molar refractivity (Wildman–Crippen MR) is 77.2 cm³/mol. The van der Waals surface area contributed by atoms with Crippen LogP contribution in [-0.4, -0.2) is 29.6 Å². The Hall–Kier alpha value is -2.21. The zero-order valence-electron chi connectivity index (χ0n) is 11.1. The van der Waals surface area contributed by atoms with Gasteiger partial charge in [0.2, 0.25) is 0 Å². The van der Waals surface area contributed by atoms with E-state index in [0.717, 1.165) is 34.1 Å². The summed E-state index contributed by atoms with van der Waals surface area (Å²) in [5.74, 6) is 0. The molecule has 3 aromatic rings. The van der Waals surface area contributed by atoms with Crippen LogP contribution in [0.25, 0.3) is 22.2 Å². The number of aryl methyl sites for hydroxylation is 1. The van der Waals surface area contributed by atoms with Crippen molar-refractivity contribution in [3.8, 4) is 11.1 Å². The third kappa shape index (κ3) is 2.18. The van der Waals surface area contributed by atoms with Crippen LogP contribution in [-0.2, 0) is 9.84 Å². The Labute approximate surface area is 116 Å². The quantitative estimate of drug-likeness (QED) is 0.785. The van der Waals surface area contributed by atoms with Gasteiger partial charge in [-0.05, 0) is 36.8 Å². The predicted octanol–water partition coefficient (Wildman–Crippen LogP) is 2.34. The van der Waals surface area contributed by atoms with E-state index in [1.54, 1.807) is 18.5 Å². The van der Waals surface area contributed by atoms with Crippen molar-refractivity contribution in [3.05, 3.63) is 42.4 Å². The van der Waals surface area contributed by atoms with Crippen LogP contribution < -0.4 is 0 Å². The molecular formula is C14H13N3O2S. The monoisotopic (exact) mass is 287 g/mol. The number of H-pyrrole nitrogens is 1. The van der Waals surface area contributed by atoms with Crippen molar-refractivity contribution in [2.24, 2.45) is 0 Å². The minimum atomic E-state index is -3.27. The summed E-state index contributed by atoms with van der Waals surface area (Å²) in [5.41, 5.74) is 3.68. The normalized spacial score (nSPS) is 11.9. The Morgan fingerprint density at radius 1 is 1.15 bits per heavy atom. The second-order valence-corrected chi connectivity index (χ2v) is 6.69. The lowest BCUT2D eigenvalue weighted by molar-refractivity contribution is 0.598. The molecule has 0 atom stereocenters. The van der Waals surface area contributed by atoms with Crippen LogP contribution in [0.4, 0.5) is 0 Å². The first-order valence-electron chi connectivity index (χ1n) is 6.06. The lowest BCUT2D eigenvalue weighted by atomic mass is 10.1. The van der Waals surface area contributed by atoms with Crippen LogP contribution in [0.5, 0.6) is 0 Å². The number of aromatic nitrogens is 3. The maximum Gasteiger partial charge on any atom is 0.192 e. The van der Waals surface area contributed by atoms with Crippen molar-refractivity contribution in [2.45, 2.75) is 11.9 Å². The first-order valence-corrected chi connectivity index (χ1v) is 7.95. The van der Waals surface area contributed by atoms with Crippen molar-refractivity contribution in [1.82, 2.24) is 15.0 Å². The van der Waals surface area contributed by atoms with Gasteiger partial charge in [-0.1, -0.05) is 0 Å². The van der Waals surface area contributed by atoms with E-state index in [4.69, 9.17) is 0 Å². The largest absolute Gasteiger partial charge is 0.344 e. The summed E-state index contributed by atoms with van der Waals surface area (Å²) in [6.45, 7) is 1.97. The summed E-state index contributed by atoms with van der Waals surface area (Å²) in [5, 5.41) is 1.08. The first-order chi connectivity index (χ1) is 9.45. The highest BCUT2D eigenvalue weighted by atomic mass is 32.2. The molecule has 0 aliphatic carbocycles. The molecule has 5 nitrogen and oxygen atoms in total. The first kappa shape index (κ1) is 12.8. The second-order valence-electron chi connectivity index (χ2n) is 4.73. The average molecular weight is 287 g/mol. The van der Waals surface area contributed by atoms with Crippen LogP contribution in [0.15, 0.2) is 41.7 Å². The van der Waals surface area contributed by atoms with Crippen LogP contribution >= 0.6 is 0 Å². The Balaban J connectivity index is 2.16. The van der Waals surface area contributed by atoms with Gasteiger partial charge in [0, 0.05) is 35.3 Å². The maximum absolute atomic E-state index is 11.4. The van der Waals surface area contributed by atoms with Gasteiger partial charge in [0.1, 0.15) is 5.65 Å². The van der Waals surface area contributed by atoms with Crippen molar-refractivity contribution >= 4 is 20.9 Å². The minimum Gasteiger partial charge on any atom is -0.344 e. The van der Waals surface area contributed by atoms with E-state index in [1.165, 1.54) is 6.07 Å². The van der Waals surface area contributed by atoms with Crippen molar-refractivity contribution in [1.29, 1.82) is 0 Å². The van der Waals surface area contributed by atoms with Crippen molar-refractivity contribution < 1.29 is 8.42 Å². The number of hydrogen-bond donors (Lipinski definition) is 1. The zero-order chi connectivity index (χ0) is 14.3. The Morgan fingerprint density at radius 3 is 2.60 bits per heavy atom. The molecular weight excluding hydrogens is 274 g/mol. The fraction of sp³-hybridized carbons (Fsp3) is 0.143. The minimum absolute atomic E-state index is 0.0804. The van der Waals surface area contributed by atoms with Crippen LogP contribution in [0.1, 0.15) is 5.69 Å². The van der Waals surface area contributed by atoms with Gasteiger partial charge in [0.05, 0.1) is 0 Å². The van der Waals surface area contributed by atoms with E-state index in [9.17, 15) is 8.42 Å². The second kappa shape index (κ2) is 4.42. The van der Waals surface area contributed by atoms with E-state index < -0.39 is 9.84 Å². The summed E-state index contributed by atoms with van der Waals surface area (Å²) in [4.78, 5) is 11.5. The highest BCUT2D eigenvalue weighted by Crippen LogP contribution is 2.27. The number of fused-ring (bicyclic) bond motifs is 1. The highest BCUT2D eigenvalue weighted by molar-refractivity contribution is 7.90. The third-order valence-electron chi connectivity index (χ3n) is 3.09. The van der Waals surface area contributed by atoms with Crippen molar-refractivity contribution in [3.63, 3.8) is 0 Å². The van der Waals surface area contributed by atoms with Crippen LogP contribution in [0.3, 0.4) is 0 Å². The maximum atomic E-state index is 11.4. The summed E-state index contributed by atoms with van der Waals surface area (Å²) in [6, 6.07) is 7.20. The molecule has 20 heavy (non-hydrogen) atoms. The number of rotatable bonds is 2. The molecule has 1 N–H and O–H groups in total. The highest BCUT2D eigenvalue weighted by Gasteiger charge is 2.11. The van der Waals surface area contributed by atoms with Gasteiger partial charge in [-0.15, -0.1) is 0 Å². The van der Waals surface area contributed by atoms with Gasteiger partial charge in [-0.25, -0.2) is 18.4 Å². The van der Waals surface area contributed by atoms with Gasteiger partial charge >= 0.3 is 0 Å². The number of aromatic amines is 1. The number of nitrogens with one attached hydrogen (secondary N) is 1. The third-order valence-corrected chi connectivity index (χ3v) is 4.10. The Kier molecular flexibility index (Phi) is 2.83. The molecule has 6 heteroatoms. The van der Waals surface area contributed by atoms with E-state index in [1.807, 2.05) is 19.1 Å². The van der Waals surface area contributed by atoms with E-state index in [0.29, 0.717) is 0 Å². The number of pyridine rings is 2. The molecule has 0 spiro atoms. The smallest absolute Gasteiger partial charge is 0.192 e. The summed E-state index contributed by atoms with van der Waals surface area (Å²) < 4.78 is 22.8. The number of nitrogens with zero attached hydrogens (tertiary/aromatic N) is 2. The zero-order valence-corrected chi connectivity index (χ0v) is 11.9. The fourth-order valence-corrected chi connectivity index (χ4v) is 2.73. The van der Waals surface area contributed by atoms with E-state index in [2.05, 4.69) is 15.0 Å². The molecule has 0 aliphatic rings. The van der Waals surface area contributed by atoms with E-state index in [-0.39, 0.29) is 5.03 Å². The molecule has 0 aliphatic heterocycles. The Bertz CT molecular complexity index is 880. The topological polar surface area (TPSA) is 75.7 Å². The average Bonchev–Trinajstić information content (AvgIpc) is 2.78. The van der Waals surface area contributed by atoms with E-state index >= 15 is 0 Å². The molecule has 102 valence electrons. The van der Waals surface area contributed by atoms with Crippen LogP contribution in [0, 0.1) is 6.92 Å². The molecule has 0 radical (unpaired) electrons. The molecule has 0 amide bonds. The molecule has 0 aromatic carbocycles. The SMILES string of the molecule is Cc1cc2c(-c3ccc(S(C)(=O)=O)nc3)ccnc2[nH]1. The Morgan fingerprint density at radius 2 is 1.95 bits per heavy atom. The van der Waals surface area contributed by atoms with Crippen molar-refractivity contribution in [2.75, 3.05) is 6.26 Å². The fourth-order valence-electron chi connectivity index (χ4n) is 2.17. The molecule has 0 fully saturated rings. The molecule has 0 saturated heterocycles. The summed E-state index contributed by atoms with van der Waals surface area (Å²) in [6.07, 6.45) is 4.45. The molecule has 0 unspecified atom stereocenters. The van der Waals surface area contributed by atoms with Crippen LogP contribution in [0.2, 0.25) is 0 Å². The lowest BCUT2D eigenvalue weighted by Crippen LogP contribution is -1.99. The van der Waals surface area contributed by atoms with Gasteiger partial charge in [0.15, 0.2) is 14.9 Å². The molecule has 3 rings (SSSR count). The molecule has 3 heterocycles. The van der Waals surface area contributed by atoms with Gasteiger partial charge < -0.3 is 4.98 Å². The molecule has 0 bridgehead atoms. The standard InChI is InChI=1S/C14H13N3O2S/c1-9-7-12-11(5-6-15-14(12)17-9)10-3-4-13(16-8-10)20(2,18)19/h3-8H,1-2H3,(H,15,17). The molecule has 3 aromatic heterocycles.